The number of pyridine rings is 1. The molecule has 220 valence electrons. The lowest BCUT2D eigenvalue weighted by Gasteiger charge is -2.47. The van der Waals surface area contributed by atoms with Gasteiger partial charge in [-0.25, -0.2) is 13.1 Å². The highest BCUT2D eigenvalue weighted by molar-refractivity contribution is 7.88. The Morgan fingerprint density at radius 1 is 1.07 bits per heavy atom. The molecule has 1 aromatic heterocycles. The molecule has 8 nitrogen and oxygen atoms in total. The summed E-state index contributed by atoms with van der Waals surface area (Å²) in [4.78, 5) is 32.0. The van der Waals surface area contributed by atoms with Crippen molar-refractivity contribution in [3.8, 4) is 0 Å². The number of nitrogens with one attached hydrogen (secondary N) is 1. The molecule has 2 heterocycles. The predicted molar refractivity (Wildman–Crippen MR) is 162 cm³/mol. The van der Waals surface area contributed by atoms with Crippen molar-refractivity contribution in [2.75, 3.05) is 6.54 Å². The highest BCUT2D eigenvalue weighted by Crippen LogP contribution is 2.50. The van der Waals surface area contributed by atoms with Crippen LogP contribution in [0.25, 0.3) is 0 Å². The molecule has 0 radical (unpaired) electrons. The SMILES string of the molecule is CC1=C(CC(=O)O)C(=O)N(C(CNS(=O)(=O)Cc2cccnc2)C2CC2)[C@H](c2ccc(Cl)cc2)[C@H]1c1cccc(Cl)c1. The van der Waals surface area contributed by atoms with Crippen molar-refractivity contribution in [2.45, 2.75) is 49.9 Å². The molecule has 1 aliphatic carbocycles. The van der Waals surface area contributed by atoms with Crippen LogP contribution in [0, 0.1) is 5.92 Å². The Kier molecular flexibility index (Phi) is 9.03. The van der Waals surface area contributed by atoms with E-state index in [1.165, 1.54) is 6.20 Å². The van der Waals surface area contributed by atoms with Gasteiger partial charge >= 0.3 is 5.97 Å². The molecule has 42 heavy (non-hydrogen) atoms. The Bertz CT molecular complexity index is 1610. The fourth-order valence-electron chi connectivity index (χ4n) is 5.84. The van der Waals surface area contributed by atoms with E-state index >= 15 is 0 Å². The van der Waals surface area contributed by atoms with Gasteiger partial charge in [-0.1, -0.05) is 59.1 Å². The number of benzene rings is 2. The van der Waals surface area contributed by atoms with Crippen molar-refractivity contribution in [3.05, 3.63) is 111 Å². The maximum absolute atomic E-state index is 14.3. The molecule has 1 fully saturated rings. The largest absolute Gasteiger partial charge is 0.481 e. The van der Waals surface area contributed by atoms with E-state index in [4.69, 9.17) is 23.2 Å². The van der Waals surface area contributed by atoms with Crippen LogP contribution in [0.15, 0.2) is 84.2 Å². The van der Waals surface area contributed by atoms with Crippen LogP contribution in [-0.2, 0) is 25.4 Å². The topological polar surface area (TPSA) is 117 Å². The van der Waals surface area contributed by atoms with Crippen molar-refractivity contribution < 1.29 is 23.1 Å². The van der Waals surface area contributed by atoms with E-state index < -0.39 is 46.3 Å². The number of aromatic nitrogens is 1. The standard InChI is InChI=1S/C31H31Cl2N3O5S/c1-19-26(15-28(37)38)31(39)36(27(21-7-8-21)17-35-42(40,41)18-20-4-3-13-34-16-20)30(22-9-11-24(32)12-10-22)29(19)23-5-2-6-25(33)14-23/h2-6,9-14,16,21,27,29-30,35H,7-8,15,17-18H2,1H3,(H,37,38)/t27?,29-,30-/m1/s1. The summed E-state index contributed by atoms with van der Waals surface area (Å²) in [7, 11) is -3.76. The predicted octanol–water partition coefficient (Wildman–Crippen LogP) is 5.74. The van der Waals surface area contributed by atoms with Crippen LogP contribution < -0.4 is 4.72 Å². The number of halogens is 2. The summed E-state index contributed by atoms with van der Waals surface area (Å²) >= 11 is 12.6. The average Bonchev–Trinajstić information content (AvgIpc) is 3.78. The van der Waals surface area contributed by atoms with E-state index in [-0.39, 0.29) is 23.8 Å². The molecule has 1 aliphatic heterocycles. The lowest BCUT2D eigenvalue weighted by molar-refractivity contribution is -0.140. The fraction of sp³-hybridized carbons (Fsp3) is 0.323. The fourth-order valence-corrected chi connectivity index (χ4v) is 7.30. The molecular weight excluding hydrogens is 597 g/mol. The van der Waals surface area contributed by atoms with Gasteiger partial charge in [-0.05, 0) is 72.7 Å². The number of nitrogens with zero attached hydrogens (tertiary/aromatic N) is 2. The van der Waals surface area contributed by atoms with E-state index in [9.17, 15) is 23.1 Å². The van der Waals surface area contributed by atoms with Crippen LogP contribution in [0.1, 0.15) is 54.8 Å². The van der Waals surface area contributed by atoms with Gasteiger partial charge in [-0.3, -0.25) is 14.6 Å². The minimum Gasteiger partial charge on any atom is -0.481 e. The first-order valence-corrected chi connectivity index (χ1v) is 16.1. The van der Waals surface area contributed by atoms with Crippen molar-refractivity contribution in [2.24, 2.45) is 5.92 Å². The Morgan fingerprint density at radius 3 is 2.43 bits per heavy atom. The number of hydrogen-bond acceptors (Lipinski definition) is 5. The molecule has 1 unspecified atom stereocenters. The molecule has 1 saturated carbocycles. The zero-order chi connectivity index (χ0) is 30.0. The molecule has 2 aromatic carbocycles. The van der Waals surface area contributed by atoms with Crippen molar-refractivity contribution in [1.82, 2.24) is 14.6 Å². The third kappa shape index (κ3) is 6.86. The number of aliphatic carboxylic acids is 1. The molecule has 2 aliphatic rings. The highest BCUT2D eigenvalue weighted by atomic mass is 35.5. The second-order valence-electron chi connectivity index (χ2n) is 10.8. The van der Waals surface area contributed by atoms with Gasteiger partial charge in [0.2, 0.25) is 10.0 Å². The van der Waals surface area contributed by atoms with E-state index in [0.29, 0.717) is 21.2 Å². The lowest BCUT2D eigenvalue weighted by atomic mass is 9.75. The molecule has 5 rings (SSSR count). The minimum atomic E-state index is -3.76. The summed E-state index contributed by atoms with van der Waals surface area (Å²) in [6, 6.07) is 16.8. The van der Waals surface area contributed by atoms with E-state index in [1.807, 2.05) is 30.3 Å². The highest BCUT2D eigenvalue weighted by Gasteiger charge is 2.48. The molecule has 11 heteroatoms. The number of carboxylic acids is 1. The summed E-state index contributed by atoms with van der Waals surface area (Å²) < 4.78 is 29.0. The smallest absolute Gasteiger partial charge is 0.308 e. The third-order valence-corrected chi connectivity index (χ3v) is 9.72. The first-order chi connectivity index (χ1) is 20.0. The monoisotopic (exact) mass is 627 g/mol. The number of rotatable bonds is 11. The summed E-state index contributed by atoms with van der Waals surface area (Å²) in [6.07, 6.45) is 4.28. The summed E-state index contributed by atoms with van der Waals surface area (Å²) in [5.41, 5.74) is 3.01. The third-order valence-electron chi connectivity index (χ3n) is 7.91. The van der Waals surface area contributed by atoms with Crippen LogP contribution in [0.2, 0.25) is 10.0 Å². The molecule has 0 spiro atoms. The van der Waals surface area contributed by atoms with Gasteiger partial charge in [0.25, 0.3) is 5.91 Å². The van der Waals surface area contributed by atoms with E-state index in [2.05, 4.69) is 9.71 Å². The maximum atomic E-state index is 14.3. The zero-order valence-electron chi connectivity index (χ0n) is 22.9. The quantitative estimate of drug-likeness (QED) is 0.280. The van der Waals surface area contributed by atoms with Gasteiger partial charge in [0.05, 0.1) is 18.2 Å². The zero-order valence-corrected chi connectivity index (χ0v) is 25.2. The van der Waals surface area contributed by atoms with E-state index in [0.717, 1.165) is 24.0 Å². The molecule has 0 bridgehead atoms. The molecular formula is C31H31Cl2N3O5S. The van der Waals surface area contributed by atoms with Crippen LogP contribution in [0.4, 0.5) is 0 Å². The summed E-state index contributed by atoms with van der Waals surface area (Å²) in [5.74, 6) is -2.15. The van der Waals surface area contributed by atoms with Gasteiger partial charge in [-0.15, -0.1) is 0 Å². The van der Waals surface area contributed by atoms with Crippen LogP contribution in [0.3, 0.4) is 0 Å². The second-order valence-corrected chi connectivity index (χ2v) is 13.5. The Balaban J connectivity index is 1.60. The summed E-state index contributed by atoms with van der Waals surface area (Å²) in [5, 5.41) is 10.8. The van der Waals surface area contributed by atoms with Gasteiger partial charge in [0, 0.05) is 46.5 Å². The van der Waals surface area contributed by atoms with Crippen molar-refractivity contribution >= 4 is 45.1 Å². The first-order valence-electron chi connectivity index (χ1n) is 13.7. The Morgan fingerprint density at radius 2 is 1.81 bits per heavy atom. The second kappa shape index (κ2) is 12.6. The first kappa shape index (κ1) is 30.2. The molecule has 3 aromatic rings. The number of carboxylic acid groups (broad SMARTS) is 1. The number of amides is 1. The molecule has 1 amide bonds. The van der Waals surface area contributed by atoms with Gasteiger partial charge in [0.15, 0.2) is 0 Å². The van der Waals surface area contributed by atoms with Crippen LogP contribution in [-0.4, -0.2) is 47.9 Å². The number of carbonyl (C=O) groups is 2. The summed E-state index contributed by atoms with van der Waals surface area (Å²) in [6.45, 7) is 1.79. The van der Waals surface area contributed by atoms with Gasteiger partial charge in [-0.2, -0.15) is 0 Å². The maximum Gasteiger partial charge on any atom is 0.308 e. The normalized spacial score (nSPS) is 20.1. The lowest BCUT2D eigenvalue weighted by Crippen LogP contribution is -2.54. The Hall–Kier alpha value is -3.24. The number of carbonyl (C=O) groups excluding carboxylic acids is 1. The average molecular weight is 629 g/mol. The van der Waals surface area contributed by atoms with Crippen molar-refractivity contribution in [1.29, 1.82) is 0 Å². The van der Waals surface area contributed by atoms with E-state index in [1.54, 1.807) is 48.4 Å². The molecule has 0 saturated heterocycles. The van der Waals surface area contributed by atoms with Gasteiger partial charge < -0.3 is 10.0 Å². The van der Waals surface area contributed by atoms with Crippen LogP contribution in [0.5, 0.6) is 0 Å². The number of sulfonamides is 1. The Labute approximate surface area is 255 Å². The number of hydrogen-bond donors (Lipinski definition) is 2. The van der Waals surface area contributed by atoms with Crippen LogP contribution >= 0.6 is 23.2 Å². The molecule has 3 atom stereocenters. The minimum absolute atomic E-state index is 0.00917. The van der Waals surface area contributed by atoms with Gasteiger partial charge in [0.1, 0.15) is 0 Å². The molecule has 2 N–H and O–H groups in total. The van der Waals surface area contributed by atoms with Crippen molar-refractivity contribution in [3.63, 3.8) is 0 Å².